The fraction of sp³-hybridized carbons (Fsp3) is 0.458. The molecule has 156 valence electrons. The van der Waals surface area contributed by atoms with Crippen LogP contribution in [0.2, 0.25) is 0 Å². The molecule has 0 spiro atoms. The quantitative estimate of drug-likeness (QED) is 0.761. The van der Waals surface area contributed by atoms with Crippen molar-refractivity contribution in [3.63, 3.8) is 0 Å². The zero-order valence-corrected chi connectivity index (χ0v) is 17.9. The predicted molar refractivity (Wildman–Crippen MR) is 124 cm³/mol. The standard InChI is InChI=1S/C24H30N6/c1-3-19-17-28(2)22-16-26-24(27-23(22)30(19)20-11-7-8-12-20)29-14-13-25-15-21(29)18-9-5-4-6-10-18/h4-6,9-10,13,15-16,19-20H,3,7-8,11-12,14,17H2,1-2H3/t19-/m1/s1. The second kappa shape index (κ2) is 8.09. The van der Waals surface area contributed by atoms with Gasteiger partial charge in [-0.2, -0.15) is 4.98 Å². The van der Waals surface area contributed by atoms with E-state index in [9.17, 15) is 0 Å². The van der Waals surface area contributed by atoms with Crippen LogP contribution >= 0.6 is 0 Å². The molecule has 1 aromatic heterocycles. The lowest BCUT2D eigenvalue weighted by atomic mass is 10.0. The predicted octanol–water partition coefficient (Wildman–Crippen LogP) is 4.34. The van der Waals surface area contributed by atoms with Gasteiger partial charge in [-0.15, -0.1) is 0 Å². The van der Waals surface area contributed by atoms with Crippen LogP contribution in [0.4, 0.5) is 17.5 Å². The first kappa shape index (κ1) is 19.1. The van der Waals surface area contributed by atoms with Crippen molar-refractivity contribution in [2.24, 2.45) is 4.99 Å². The first-order valence-corrected chi connectivity index (χ1v) is 11.2. The van der Waals surface area contributed by atoms with Gasteiger partial charge in [-0.25, -0.2) is 4.98 Å². The van der Waals surface area contributed by atoms with Crippen molar-refractivity contribution in [3.8, 4) is 0 Å². The van der Waals surface area contributed by atoms with Crippen molar-refractivity contribution in [1.82, 2.24) is 9.97 Å². The molecule has 2 aliphatic heterocycles. The minimum absolute atomic E-state index is 0.500. The molecular weight excluding hydrogens is 372 g/mol. The minimum atomic E-state index is 0.500. The Morgan fingerprint density at radius 2 is 1.90 bits per heavy atom. The number of rotatable bonds is 4. The lowest BCUT2D eigenvalue weighted by Crippen LogP contribution is -2.52. The Morgan fingerprint density at radius 3 is 2.67 bits per heavy atom. The Kier molecular flexibility index (Phi) is 5.15. The molecule has 0 amide bonds. The fourth-order valence-corrected chi connectivity index (χ4v) is 5.05. The third-order valence-corrected chi connectivity index (χ3v) is 6.63. The SMILES string of the molecule is CC[C@@H]1CN(C)c2cnc(N3CC=NC=C3c3ccccc3)nc2N1C1CCCC1. The molecule has 1 aromatic carbocycles. The summed E-state index contributed by atoms with van der Waals surface area (Å²) in [5, 5.41) is 0. The zero-order chi connectivity index (χ0) is 20.5. The van der Waals surface area contributed by atoms with Crippen LogP contribution in [0.3, 0.4) is 0 Å². The van der Waals surface area contributed by atoms with E-state index in [1.54, 1.807) is 0 Å². The summed E-state index contributed by atoms with van der Waals surface area (Å²) in [7, 11) is 2.17. The zero-order valence-electron chi connectivity index (χ0n) is 17.9. The summed E-state index contributed by atoms with van der Waals surface area (Å²) in [6.45, 7) is 4.01. The molecule has 6 heteroatoms. The molecule has 0 saturated heterocycles. The van der Waals surface area contributed by atoms with E-state index in [0.717, 1.165) is 41.7 Å². The van der Waals surface area contributed by atoms with Gasteiger partial charge in [0, 0.05) is 31.9 Å². The van der Waals surface area contributed by atoms with E-state index in [1.807, 2.05) is 24.7 Å². The molecule has 2 aromatic rings. The topological polar surface area (TPSA) is 47.9 Å². The van der Waals surface area contributed by atoms with Crippen LogP contribution in [-0.4, -0.2) is 48.4 Å². The molecule has 1 saturated carbocycles. The number of aromatic nitrogens is 2. The Balaban J connectivity index is 1.56. The Morgan fingerprint density at radius 1 is 1.10 bits per heavy atom. The highest BCUT2D eigenvalue weighted by Crippen LogP contribution is 2.40. The van der Waals surface area contributed by atoms with Crippen LogP contribution in [0.5, 0.6) is 0 Å². The molecule has 0 radical (unpaired) electrons. The maximum atomic E-state index is 5.18. The first-order chi connectivity index (χ1) is 14.8. The minimum Gasteiger partial charge on any atom is -0.368 e. The van der Waals surface area contributed by atoms with E-state index in [4.69, 9.17) is 9.97 Å². The van der Waals surface area contributed by atoms with Crippen molar-refractivity contribution < 1.29 is 0 Å². The average Bonchev–Trinajstić information content (AvgIpc) is 3.33. The number of anilines is 3. The lowest BCUT2D eigenvalue weighted by Gasteiger charge is -2.45. The second-order valence-electron chi connectivity index (χ2n) is 8.49. The smallest absolute Gasteiger partial charge is 0.232 e. The summed E-state index contributed by atoms with van der Waals surface area (Å²) < 4.78 is 0. The van der Waals surface area contributed by atoms with Gasteiger partial charge in [0.15, 0.2) is 5.82 Å². The molecule has 3 aliphatic rings. The van der Waals surface area contributed by atoms with Crippen molar-refractivity contribution in [2.45, 2.75) is 51.1 Å². The second-order valence-corrected chi connectivity index (χ2v) is 8.49. The van der Waals surface area contributed by atoms with Gasteiger partial charge in [0.1, 0.15) is 0 Å². The van der Waals surface area contributed by atoms with Gasteiger partial charge < -0.3 is 14.7 Å². The van der Waals surface area contributed by atoms with E-state index in [1.165, 1.54) is 25.7 Å². The van der Waals surface area contributed by atoms with Crippen LogP contribution in [0, 0.1) is 0 Å². The van der Waals surface area contributed by atoms with Crippen LogP contribution in [0.15, 0.2) is 47.7 Å². The van der Waals surface area contributed by atoms with E-state index in [-0.39, 0.29) is 0 Å². The summed E-state index contributed by atoms with van der Waals surface area (Å²) in [5.41, 5.74) is 3.32. The van der Waals surface area contributed by atoms with Gasteiger partial charge in [-0.05, 0) is 24.8 Å². The number of benzene rings is 1. The number of aliphatic imine (C=N–C) groups is 1. The lowest BCUT2D eigenvalue weighted by molar-refractivity contribution is 0.476. The number of hydrogen-bond donors (Lipinski definition) is 0. The monoisotopic (exact) mass is 402 g/mol. The van der Waals surface area contributed by atoms with Crippen molar-refractivity contribution in [1.29, 1.82) is 0 Å². The number of likely N-dealkylation sites (N-methyl/N-ethyl adjacent to an activating group) is 1. The summed E-state index contributed by atoms with van der Waals surface area (Å²) in [4.78, 5) is 21.5. The van der Waals surface area contributed by atoms with Gasteiger partial charge in [0.25, 0.3) is 0 Å². The third-order valence-electron chi connectivity index (χ3n) is 6.63. The number of nitrogens with zero attached hydrogens (tertiary/aromatic N) is 6. The normalized spacial score (nSPS) is 21.7. The van der Waals surface area contributed by atoms with Crippen LogP contribution in [-0.2, 0) is 0 Å². The molecule has 30 heavy (non-hydrogen) atoms. The summed E-state index contributed by atoms with van der Waals surface area (Å²) in [6.07, 6.45) is 12.2. The number of fused-ring (bicyclic) bond motifs is 1. The molecule has 1 aliphatic carbocycles. The molecule has 5 rings (SSSR count). The Hall–Kier alpha value is -2.89. The van der Waals surface area contributed by atoms with E-state index < -0.39 is 0 Å². The van der Waals surface area contributed by atoms with Gasteiger partial charge in [-0.3, -0.25) is 4.99 Å². The molecule has 0 unspecified atom stereocenters. The molecule has 3 heterocycles. The average molecular weight is 403 g/mol. The largest absolute Gasteiger partial charge is 0.368 e. The van der Waals surface area contributed by atoms with Gasteiger partial charge in [0.05, 0.1) is 30.3 Å². The van der Waals surface area contributed by atoms with E-state index in [0.29, 0.717) is 18.6 Å². The fourth-order valence-electron chi connectivity index (χ4n) is 5.05. The van der Waals surface area contributed by atoms with E-state index >= 15 is 0 Å². The number of hydrogen-bond acceptors (Lipinski definition) is 6. The van der Waals surface area contributed by atoms with Gasteiger partial charge in [-0.1, -0.05) is 50.1 Å². The van der Waals surface area contributed by atoms with Crippen LogP contribution < -0.4 is 14.7 Å². The maximum Gasteiger partial charge on any atom is 0.232 e. The van der Waals surface area contributed by atoms with Crippen molar-refractivity contribution in [2.75, 3.05) is 34.8 Å². The highest BCUT2D eigenvalue weighted by atomic mass is 15.4. The van der Waals surface area contributed by atoms with Crippen molar-refractivity contribution in [3.05, 3.63) is 48.3 Å². The highest BCUT2D eigenvalue weighted by molar-refractivity contribution is 5.86. The van der Waals surface area contributed by atoms with Crippen LogP contribution in [0.1, 0.15) is 44.6 Å². The van der Waals surface area contributed by atoms with E-state index in [2.05, 4.69) is 57.9 Å². The molecule has 0 bridgehead atoms. The molecule has 1 fully saturated rings. The maximum absolute atomic E-state index is 5.18. The molecule has 0 N–H and O–H groups in total. The van der Waals surface area contributed by atoms with Gasteiger partial charge in [0.2, 0.25) is 5.95 Å². The van der Waals surface area contributed by atoms with Crippen molar-refractivity contribution >= 4 is 29.4 Å². The van der Waals surface area contributed by atoms with Crippen LogP contribution in [0.25, 0.3) is 5.70 Å². The Bertz CT molecular complexity index is 947. The molecule has 1 atom stereocenters. The summed E-state index contributed by atoms with van der Waals surface area (Å²) in [5.74, 6) is 1.85. The molecular formula is C24H30N6. The molecule has 6 nitrogen and oxygen atoms in total. The third kappa shape index (κ3) is 3.34. The highest BCUT2D eigenvalue weighted by Gasteiger charge is 2.36. The first-order valence-electron chi connectivity index (χ1n) is 11.2. The van der Waals surface area contributed by atoms with Gasteiger partial charge >= 0.3 is 0 Å². The summed E-state index contributed by atoms with van der Waals surface area (Å²) >= 11 is 0. The Labute approximate surface area is 179 Å². The summed E-state index contributed by atoms with van der Waals surface area (Å²) in [6, 6.07) is 11.5.